The summed E-state index contributed by atoms with van der Waals surface area (Å²) in [7, 11) is 0. The molecular weight excluding hydrogens is 268 g/mol. The van der Waals surface area contributed by atoms with Crippen molar-refractivity contribution in [2.75, 3.05) is 0 Å². The van der Waals surface area contributed by atoms with Crippen LogP contribution in [0.5, 0.6) is 0 Å². The van der Waals surface area contributed by atoms with Crippen LogP contribution in [0.15, 0.2) is 24.3 Å². The maximum absolute atomic E-state index is 12.1. The van der Waals surface area contributed by atoms with Crippen molar-refractivity contribution in [2.45, 2.75) is 32.0 Å². The van der Waals surface area contributed by atoms with Gasteiger partial charge in [-0.25, -0.2) is 0 Å². The van der Waals surface area contributed by atoms with E-state index in [9.17, 15) is 9.59 Å². The van der Waals surface area contributed by atoms with Gasteiger partial charge >= 0.3 is 11.9 Å². The second-order valence-electron chi connectivity index (χ2n) is 5.46. The van der Waals surface area contributed by atoms with Gasteiger partial charge in [-0.3, -0.25) is 9.59 Å². The number of halogens is 1. The van der Waals surface area contributed by atoms with Gasteiger partial charge in [-0.15, -0.1) is 0 Å². The Morgan fingerprint density at radius 2 is 1.63 bits per heavy atom. The van der Waals surface area contributed by atoms with Gasteiger partial charge in [0.1, 0.15) is 0 Å². The second-order valence-corrected chi connectivity index (χ2v) is 5.89. The van der Waals surface area contributed by atoms with Crippen molar-refractivity contribution < 1.29 is 19.1 Å². The Hall–Kier alpha value is -1.55. The van der Waals surface area contributed by atoms with Crippen molar-refractivity contribution in [1.82, 2.24) is 0 Å². The summed E-state index contributed by atoms with van der Waals surface area (Å²) in [4.78, 5) is 24.2. The number of ether oxygens (including phenoxy) is 2. The fourth-order valence-corrected chi connectivity index (χ4v) is 2.67. The van der Waals surface area contributed by atoms with Gasteiger partial charge in [0, 0.05) is 24.8 Å². The Morgan fingerprint density at radius 3 is 2.16 bits per heavy atom. The van der Waals surface area contributed by atoms with E-state index in [0.29, 0.717) is 11.4 Å². The van der Waals surface area contributed by atoms with Gasteiger partial charge in [-0.1, -0.05) is 23.7 Å². The van der Waals surface area contributed by atoms with Crippen LogP contribution >= 0.6 is 11.6 Å². The fourth-order valence-electron chi connectivity index (χ4n) is 2.54. The molecule has 1 saturated heterocycles. The lowest BCUT2D eigenvalue weighted by atomic mass is 9.98. The fraction of sp³-hybridized carbons (Fsp3) is 0.429. The topological polar surface area (TPSA) is 52.6 Å². The van der Waals surface area contributed by atoms with Crippen LogP contribution in [0.4, 0.5) is 0 Å². The lowest BCUT2D eigenvalue weighted by molar-refractivity contribution is -0.243. The number of cyclic esters (lactones) is 2. The highest BCUT2D eigenvalue weighted by atomic mass is 35.5. The molecule has 1 saturated carbocycles. The first-order valence-corrected chi connectivity index (χ1v) is 6.45. The molecule has 0 amide bonds. The first kappa shape index (κ1) is 12.5. The number of rotatable bonds is 1. The molecular formula is C14H13ClO4. The molecule has 100 valence electrons. The quantitative estimate of drug-likeness (QED) is 0.586. The number of esters is 2. The molecule has 2 fully saturated rings. The second kappa shape index (κ2) is 3.73. The third kappa shape index (κ3) is 1.82. The maximum Gasteiger partial charge on any atom is 0.327 e. The molecule has 19 heavy (non-hydrogen) atoms. The molecule has 1 spiro atoms. The van der Waals surface area contributed by atoms with Crippen molar-refractivity contribution in [3.63, 3.8) is 0 Å². The molecule has 5 heteroatoms. The van der Waals surface area contributed by atoms with Crippen LogP contribution in [0.1, 0.15) is 31.7 Å². The van der Waals surface area contributed by atoms with E-state index in [2.05, 4.69) is 0 Å². The minimum absolute atomic E-state index is 0.180. The monoisotopic (exact) mass is 280 g/mol. The molecule has 1 aromatic rings. The first-order valence-electron chi connectivity index (χ1n) is 6.07. The molecule has 2 aliphatic rings. The summed E-state index contributed by atoms with van der Waals surface area (Å²) < 4.78 is 10.4. The zero-order chi connectivity index (χ0) is 13.8. The van der Waals surface area contributed by atoms with E-state index in [1.807, 2.05) is 12.1 Å². The smallest absolute Gasteiger partial charge is 0.327 e. The molecule has 0 bridgehead atoms. The summed E-state index contributed by atoms with van der Waals surface area (Å²) in [6.07, 6.45) is 0.433. The van der Waals surface area contributed by atoms with Gasteiger partial charge in [0.25, 0.3) is 5.79 Å². The van der Waals surface area contributed by atoms with E-state index in [4.69, 9.17) is 21.1 Å². The Morgan fingerprint density at radius 1 is 1.11 bits per heavy atom. The van der Waals surface area contributed by atoms with Crippen LogP contribution in [0.2, 0.25) is 5.02 Å². The van der Waals surface area contributed by atoms with Gasteiger partial charge < -0.3 is 9.47 Å². The standard InChI is InChI=1S/C14H13ClO4/c1-13(2)18-11(16)14(12(17)19-13)7-10(14)8-3-5-9(15)6-4-8/h3-6,10H,7H2,1-2H3/t10-/m1/s1. The van der Waals surface area contributed by atoms with E-state index in [0.717, 1.165) is 5.56 Å². The van der Waals surface area contributed by atoms with Crippen molar-refractivity contribution in [3.8, 4) is 0 Å². The summed E-state index contributed by atoms with van der Waals surface area (Å²) in [5.41, 5.74) is -0.249. The Kier molecular flexibility index (Phi) is 2.45. The van der Waals surface area contributed by atoms with E-state index >= 15 is 0 Å². The van der Waals surface area contributed by atoms with Crippen LogP contribution < -0.4 is 0 Å². The summed E-state index contributed by atoms with van der Waals surface area (Å²) in [5.74, 6) is -2.34. The molecule has 0 aromatic heterocycles. The predicted octanol–water partition coefficient (Wildman–Crippen LogP) is 2.65. The SMILES string of the molecule is CC1(C)OC(=O)C2(C[C@@H]2c2ccc(Cl)cc2)C(=O)O1. The zero-order valence-corrected chi connectivity index (χ0v) is 11.4. The van der Waals surface area contributed by atoms with Crippen LogP contribution in [0.25, 0.3) is 0 Å². The average Bonchev–Trinajstić information content (AvgIpc) is 3.03. The highest BCUT2D eigenvalue weighted by Crippen LogP contribution is 2.62. The number of carbonyl (C=O) groups is 2. The van der Waals surface area contributed by atoms with Crippen LogP contribution in [0, 0.1) is 5.41 Å². The summed E-state index contributed by atoms with van der Waals surface area (Å²) in [5, 5.41) is 0.619. The molecule has 1 aliphatic heterocycles. The molecule has 0 N–H and O–H groups in total. The Balaban J connectivity index is 1.89. The lowest BCUT2D eigenvalue weighted by Gasteiger charge is -2.33. The number of hydrogen-bond donors (Lipinski definition) is 0. The molecule has 1 aromatic carbocycles. The molecule has 4 nitrogen and oxygen atoms in total. The molecule has 1 heterocycles. The molecule has 1 atom stereocenters. The third-order valence-electron chi connectivity index (χ3n) is 3.64. The summed E-state index contributed by atoms with van der Waals surface area (Å²) in [6.45, 7) is 3.10. The van der Waals surface area contributed by atoms with E-state index in [-0.39, 0.29) is 5.92 Å². The molecule has 0 radical (unpaired) electrons. The molecule has 3 rings (SSSR count). The van der Waals surface area contributed by atoms with E-state index in [1.54, 1.807) is 26.0 Å². The third-order valence-corrected chi connectivity index (χ3v) is 3.89. The van der Waals surface area contributed by atoms with Crippen LogP contribution in [0.3, 0.4) is 0 Å². The van der Waals surface area contributed by atoms with Crippen molar-refractivity contribution in [1.29, 1.82) is 0 Å². The van der Waals surface area contributed by atoms with Crippen LogP contribution in [-0.2, 0) is 19.1 Å². The lowest BCUT2D eigenvalue weighted by Crippen LogP contribution is -2.48. The summed E-state index contributed by atoms with van der Waals surface area (Å²) in [6, 6.07) is 7.13. The molecule has 1 aliphatic carbocycles. The van der Waals surface area contributed by atoms with E-state index < -0.39 is 23.1 Å². The highest BCUT2D eigenvalue weighted by molar-refractivity contribution is 6.30. The maximum atomic E-state index is 12.1. The van der Waals surface area contributed by atoms with Gasteiger partial charge in [-0.2, -0.15) is 0 Å². The van der Waals surface area contributed by atoms with Crippen molar-refractivity contribution in [3.05, 3.63) is 34.9 Å². The van der Waals surface area contributed by atoms with Gasteiger partial charge in [0.2, 0.25) is 0 Å². The number of carbonyl (C=O) groups excluding carboxylic acids is 2. The number of benzene rings is 1. The Bertz CT molecular complexity index is 541. The minimum atomic E-state index is -1.17. The van der Waals surface area contributed by atoms with Crippen molar-refractivity contribution >= 4 is 23.5 Å². The Labute approximate surface area is 115 Å². The summed E-state index contributed by atoms with van der Waals surface area (Å²) >= 11 is 5.83. The average molecular weight is 281 g/mol. The largest absolute Gasteiger partial charge is 0.422 e. The van der Waals surface area contributed by atoms with Crippen LogP contribution in [-0.4, -0.2) is 17.7 Å². The zero-order valence-electron chi connectivity index (χ0n) is 10.6. The predicted molar refractivity (Wildman–Crippen MR) is 67.5 cm³/mol. The van der Waals surface area contributed by atoms with Crippen molar-refractivity contribution in [2.24, 2.45) is 5.41 Å². The number of hydrogen-bond acceptors (Lipinski definition) is 4. The van der Waals surface area contributed by atoms with Gasteiger partial charge in [-0.05, 0) is 24.1 Å². The van der Waals surface area contributed by atoms with Gasteiger partial charge in [0.05, 0.1) is 0 Å². The first-order chi connectivity index (χ1) is 8.85. The molecule has 0 unspecified atom stereocenters. The van der Waals surface area contributed by atoms with E-state index in [1.165, 1.54) is 0 Å². The minimum Gasteiger partial charge on any atom is -0.422 e. The normalized spacial score (nSPS) is 26.8. The highest BCUT2D eigenvalue weighted by Gasteiger charge is 2.72. The van der Waals surface area contributed by atoms with Gasteiger partial charge in [0.15, 0.2) is 5.41 Å².